The topological polar surface area (TPSA) is 111 Å². The number of rotatable bonds is 10. The van der Waals surface area contributed by atoms with E-state index in [-0.39, 0.29) is 30.7 Å². The molecule has 1 aliphatic rings. The molecule has 1 aromatic carbocycles. The second-order valence-electron chi connectivity index (χ2n) is 8.88. The fourth-order valence-electron chi connectivity index (χ4n) is 4.50. The normalized spacial score (nSPS) is 16.8. The van der Waals surface area contributed by atoms with Crippen molar-refractivity contribution < 1.29 is 23.4 Å². The highest BCUT2D eigenvalue weighted by molar-refractivity contribution is 5.69. The summed E-state index contributed by atoms with van der Waals surface area (Å²) in [6.45, 7) is 1.45. The van der Waals surface area contributed by atoms with Crippen molar-refractivity contribution in [2.24, 2.45) is 0 Å². The number of esters is 1. The Labute approximate surface area is 201 Å². The first-order valence-electron chi connectivity index (χ1n) is 11.6. The van der Waals surface area contributed by atoms with E-state index < -0.39 is 17.2 Å². The number of aromatic nitrogens is 6. The van der Waals surface area contributed by atoms with Crippen LogP contribution in [0.4, 0.5) is 8.78 Å². The zero-order valence-electron chi connectivity index (χ0n) is 19.6. The SMILES string of the molecule is COC(=O)CCCc1cn(C2CCN(CC(O)(Cn3cncn3)c3ccc(F)cc3F)CC2)nn1. The van der Waals surface area contributed by atoms with Gasteiger partial charge in [0.2, 0.25) is 0 Å². The van der Waals surface area contributed by atoms with Gasteiger partial charge >= 0.3 is 5.97 Å². The summed E-state index contributed by atoms with van der Waals surface area (Å²) in [6, 6.07) is 3.36. The number of methoxy groups -OCH3 is 1. The van der Waals surface area contributed by atoms with Crippen molar-refractivity contribution >= 4 is 5.97 Å². The van der Waals surface area contributed by atoms with Gasteiger partial charge in [0, 0.05) is 43.9 Å². The van der Waals surface area contributed by atoms with Crippen LogP contribution >= 0.6 is 0 Å². The van der Waals surface area contributed by atoms with Crippen LogP contribution in [0.15, 0.2) is 37.1 Å². The molecule has 1 aliphatic heterocycles. The van der Waals surface area contributed by atoms with Gasteiger partial charge in [-0.25, -0.2) is 23.1 Å². The molecular formula is C23H29F2N7O3. The Hall–Kier alpha value is -3.25. The molecule has 0 aliphatic carbocycles. The van der Waals surface area contributed by atoms with E-state index in [0.717, 1.165) is 30.7 Å². The van der Waals surface area contributed by atoms with Crippen LogP contribution in [0.25, 0.3) is 0 Å². The van der Waals surface area contributed by atoms with Crippen molar-refractivity contribution in [3.8, 4) is 0 Å². The highest BCUT2D eigenvalue weighted by Crippen LogP contribution is 2.30. The minimum Gasteiger partial charge on any atom is -0.469 e. The van der Waals surface area contributed by atoms with Crippen LogP contribution in [0.5, 0.6) is 0 Å². The molecule has 1 N–H and O–H groups in total. The molecule has 1 unspecified atom stereocenters. The summed E-state index contributed by atoms with van der Waals surface area (Å²) < 4.78 is 36.1. The number of hydrogen-bond donors (Lipinski definition) is 1. The molecule has 1 saturated heterocycles. The molecule has 1 atom stereocenters. The van der Waals surface area contributed by atoms with Gasteiger partial charge in [-0.15, -0.1) is 5.10 Å². The largest absolute Gasteiger partial charge is 0.469 e. The quantitative estimate of drug-likeness (QED) is 0.430. The molecule has 2 aromatic heterocycles. The standard InChI is InChI=1S/C23H29F2N7O3/c1-35-22(33)4-2-3-18-12-32(29-28-18)19-7-9-30(10-8-19)13-23(34,14-31-16-26-15-27-31)20-6-5-17(24)11-21(20)25/h5-6,11-12,15-16,19,34H,2-4,7-10,13-14H2,1H3. The van der Waals surface area contributed by atoms with E-state index in [0.29, 0.717) is 32.4 Å². The van der Waals surface area contributed by atoms with Crippen LogP contribution in [-0.2, 0) is 28.1 Å². The highest BCUT2D eigenvalue weighted by atomic mass is 19.1. The third kappa shape index (κ3) is 6.25. The number of aliphatic hydroxyl groups is 1. The van der Waals surface area contributed by atoms with Crippen molar-refractivity contribution in [2.75, 3.05) is 26.7 Å². The van der Waals surface area contributed by atoms with Crippen molar-refractivity contribution in [3.63, 3.8) is 0 Å². The van der Waals surface area contributed by atoms with Crippen LogP contribution in [0.1, 0.15) is 43.0 Å². The molecule has 0 bridgehead atoms. The summed E-state index contributed by atoms with van der Waals surface area (Å²) >= 11 is 0. The number of nitrogens with zero attached hydrogens (tertiary/aromatic N) is 7. The molecule has 0 spiro atoms. The lowest BCUT2D eigenvalue weighted by Gasteiger charge is -2.38. The van der Waals surface area contributed by atoms with Crippen molar-refractivity contribution in [2.45, 2.75) is 50.3 Å². The molecule has 4 rings (SSSR count). The molecule has 1 fully saturated rings. The van der Waals surface area contributed by atoms with Crippen molar-refractivity contribution in [1.29, 1.82) is 0 Å². The van der Waals surface area contributed by atoms with Gasteiger partial charge in [0.05, 0.1) is 25.4 Å². The molecule has 35 heavy (non-hydrogen) atoms. The van der Waals surface area contributed by atoms with Crippen LogP contribution in [0.2, 0.25) is 0 Å². The average Bonchev–Trinajstić information content (AvgIpc) is 3.51. The Kier molecular flexibility index (Phi) is 7.81. The Bertz CT molecular complexity index is 1120. The average molecular weight is 490 g/mol. The third-order valence-corrected chi connectivity index (χ3v) is 6.34. The zero-order chi connectivity index (χ0) is 24.8. The number of β-amino-alcohol motifs (C(OH)–C–C–N with tert-alkyl or cyclic N) is 1. The van der Waals surface area contributed by atoms with E-state index in [1.54, 1.807) is 0 Å². The monoisotopic (exact) mass is 489 g/mol. The van der Waals surface area contributed by atoms with Crippen LogP contribution < -0.4 is 0 Å². The first kappa shape index (κ1) is 24.9. The minimum atomic E-state index is -1.63. The number of benzene rings is 1. The Morgan fingerprint density at radius 3 is 2.74 bits per heavy atom. The summed E-state index contributed by atoms with van der Waals surface area (Å²) in [4.78, 5) is 17.2. The summed E-state index contributed by atoms with van der Waals surface area (Å²) in [6.07, 6.45) is 7.88. The molecule has 10 nitrogen and oxygen atoms in total. The van der Waals surface area contributed by atoms with E-state index in [4.69, 9.17) is 0 Å². The number of piperidine rings is 1. The maximum Gasteiger partial charge on any atom is 0.305 e. The van der Waals surface area contributed by atoms with Gasteiger partial charge in [-0.2, -0.15) is 5.10 Å². The molecule has 3 heterocycles. The Morgan fingerprint density at radius 2 is 2.06 bits per heavy atom. The molecule has 12 heteroatoms. The number of carbonyl (C=O) groups is 1. The molecule has 188 valence electrons. The lowest BCUT2D eigenvalue weighted by Crippen LogP contribution is -2.47. The predicted molar refractivity (Wildman–Crippen MR) is 120 cm³/mol. The van der Waals surface area contributed by atoms with Crippen molar-refractivity contribution in [1.82, 2.24) is 34.7 Å². The van der Waals surface area contributed by atoms with Gasteiger partial charge in [0.25, 0.3) is 0 Å². The zero-order valence-corrected chi connectivity index (χ0v) is 19.6. The van der Waals surface area contributed by atoms with Gasteiger partial charge < -0.3 is 9.84 Å². The van der Waals surface area contributed by atoms with E-state index in [2.05, 4.69) is 30.0 Å². The molecule has 0 saturated carbocycles. The third-order valence-electron chi connectivity index (χ3n) is 6.34. The fraction of sp³-hybridized carbons (Fsp3) is 0.522. The van der Waals surface area contributed by atoms with Gasteiger partial charge in [0.15, 0.2) is 0 Å². The smallest absolute Gasteiger partial charge is 0.305 e. The second kappa shape index (κ2) is 11.0. The number of halogens is 2. The van der Waals surface area contributed by atoms with Gasteiger partial charge in [-0.3, -0.25) is 9.69 Å². The first-order chi connectivity index (χ1) is 16.9. The van der Waals surface area contributed by atoms with Crippen LogP contribution in [-0.4, -0.2) is 72.5 Å². The maximum absolute atomic E-state index is 14.7. The Morgan fingerprint density at radius 1 is 1.26 bits per heavy atom. The predicted octanol–water partition coefficient (Wildman–Crippen LogP) is 1.87. The molecule has 3 aromatic rings. The molecular weight excluding hydrogens is 460 g/mol. The number of aryl methyl sites for hydroxylation is 1. The minimum absolute atomic E-state index is 0.0180. The fourth-order valence-corrected chi connectivity index (χ4v) is 4.50. The van der Waals surface area contributed by atoms with E-state index in [1.807, 2.05) is 10.9 Å². The summed E-state index contributed by atoms with van der Waals surface area (Å²) in [5, 5.41) is 24.1. The maximum atomic E-state index is 14.7. The van der Waals surface area contributed by atoms with Gasteiger partial charge in [0.1, 0.15) is 29.9 Å². The van der Waals surface area contributed by atoms with E-state index in [9.17, 15) is 18.7 Å². The number of hydrogen-bond acceptors (Lipinski definition) is 8. The lowest BCUT2D eigenvalue weighted by molar-refractivity contribution is -0.140. The summed E-state index contributed by atoms with van der Waals surface area (Å²) in [5.74, 6) is -1.74. The molecule has 0 radical (unpaired) electrons. The number of carbonyl (C=O) groups excluding carboxylic acids is 1. The van der Waals surface area contributed by atoms with Gasteiger partial charge in [-0.1, -0.05) is 11.3 Å². The van der Waals surface area contributed by atoms with Crippen LogP contribution in [0, 0.1) is 11.6 Å². The number of likely N-dealkylation sites (tertiary alicyclic amines) is 1. The summed E-state index contributed by atoms with van der Waals surface area (Å²) in [7, 11) is 1.37. The second-order valence-corrected chi connectivity index (χ2v) is 8.88. The van der Waals surface area contributed by atoms with Crippen LogP contribution in [0.3, 0.4) is 0 Å². The van der Waals surface area contributed by atoms with E-state index in [1.165, 1.54) is 30.5 Å². The molecule has 0 amide bonds. The number of ether oxygens (including phenoxy) is 1. The van der Waals surface area contributed by atoms with Crippen molar-refractivity contribution in [3.05, 3.63) is 59.9 Å². The first-order valence-corrected chi connectivity index (χ1v) is 11.6. The summed E-state index contributed by atoms with van der Waals surface area (Å²) in [5.41, 5.74) is -0.784. The van der Waals surface area contributed by atoms with Gasteiger partial charge in [-0.05, 0) is 31.7 Å². The highest BCUT2D eigenvalue weighted by Gasteiger charge is 2.37. The van der Waals surface area contributed by atoms with E-state index >= 15 is 0 Å². The Balaban J connectivity index is 1.38. The lowest BCUT2D eigenvalue weighted by atomic mass is 9.91.